The molecular weight excluding hydrogens is 364 g/mol. The number of nitrogens with zero attached hydrogens (tertiary/aromatic N) is 1. The van der Waals surface area contributed by atoms with Crippen molar-refractivity contribution < 1.29 is 14.6 Å². The molecule has 0 bridgehead atoms. The molecule has 0 aliphatic rings. The Morgan fingerprint density at radius 1 is 0.931 bits per heavy atom. The second kappa shape index (κ2) is 8.44. The van der Waals surface area contributed by atoms with Crippen LogP contribution in [-0.2, 0) is 13.2 Å². The zero-order chi connectivity index (χ0) is 20.1. The number of pyridine rings is 1. The number of anilines is 1. The van der Waals surface area contributed by atoms with Gasteiger partial charge in [0.25, 0.3) is 0 Å². The summed E-state index contributed by atoms with van der Waals surface area (Å²) < 4.78 is 6.13. The topological polar surface area (TPSA) is 71.5 Å². The molecule has 5 nitrogen and oxygen atoms in total. The van der Waals surface area contributed by atoms with Gasteiger partial charge in [0.2, 0.25) is 0 Å². The molecule has 5 heteroatoms. The van der Waals surface area contributed by atoms with Gasteiger partial charge < -0.3 is 15.2 Å². The molecule has 4 rings (SSSR count). The number of benzene rings is 3. The summed E-state index contributed by atoms with van der Waals surface area (Å²) in [5.41, 5.74) is 2.29. The minimum Gasteiger partial charge on any atom is -0.489 e. The van der Waals surface area contributed by atoms with E-state index in [4.69, 9.17) is 9.84 Å². The maximum absolute atomic E-state index is 11.0. The highest BCUT2D eigenvalue weighted by molar-refractivity contribution is 5.88. The minimum absolute atomic E-state index is 0.160. The molecule has 0 atom stereocenters. The molecule has 0 aliphatic heterocycles. The monoisotopic (exact) mass is 384 g/mol. The fourth-order valence-electron chi connectivity index (χ4n) is 3.17. The highest BCUT2D eigenvalue weighted by Gasteiger charge is 2.10. The van der Waals surface area contributed by atoms with Crippen LogP contribution in [0.3, 0.4) is 0 Å². The molecule has 3 aromatic carbocycles. The number of aromatic carboxylic acids is 1. The highest BCUT2D eigenvalue weighted by atomic mass is 16.5. The first-order chi connectivity index (χ1) is 14.2. The Hall–Kier alpha value is -3.86. The summed E-state index contributed by atoms with van der Waals surface area (Å²) in [5, 5.41) is 14.5. The number of hydrogen-bond acceptors (Lipinski definition) is 4. The lowest BCUT2D eigenvalue weighted by Crippen LogP contribution is -2.06. The van der Waals surface area contributed by atoms with Gasteiger partial charge in [-0.2, -0.15) is 0 Å². The van der Waals surface area contributed by atoms with Crippen LogP contribution in [0.25, 0.3) is 10.8 Å². The average Bonchev–Trinajstić information content (AvgIpc) is 2.77. The van der Waals surface area contributed by atoms with Crippen molar-refractivity contribution in [1.29, 1.82) is 0 Å². The number of carbonyl (C=O) groups is 1. The van der Waals surface area contributed by atoms with Crippen LogP contribution in [0, 0.1) is 0 Å². The quantitative estimate of drug-likeness (QED) is 0.462. The summed E-state index contributed by atoms with van der Waals surface area (Å²) >= 11 is 0. The van der Waals surface area contributed by atoms with Gasteiger partial charge in [-0.25, -0.2) is 9.78 Å². The molecule has 1 heterocycles. The van der Waals surface area contributed by atoms with Crippen molar-refractivity contribution in [3.8, 4) is 5.75 Å². The second-order valence-electron chi connectivity index (χ2n) is 6.63. The Kier molecular flexibility index (Phi) is 5.38. The van der Waals surface area contributed by atoms with E-state index >= 15 is 0 Å². The standard InChI is InChI=1S/C24H20N2O3/c27-24(28)19-11-13-23(25-14-19)26-15-21-20-9-5-4-8-18(20)10-12-22(21)29-16-17-6-2-1-3-7-17/h1-14H,15-16H2,(H,25,26)(H,27,28). The largest absolute Gasteiger partial charge is 0.489 e. The maximum Gasteiger partial charge on any atom is 0.337 e. The van der Waals surface area contributed by atoms with Gasteiger partial charge in [-0.05, 0) is 34.5 Å². The van der Waals surface area contributed by atoms with Crippen molar-refractivity contribution in [1.82, 2.24) is 4.98 Å². The SMILES string of the molecule is O=C(O)c1ccc(NCc2c(OCc3ccccc3)ccc3ccccc23)nc1. The predicted molar refractivity (Wildman–Crippen MR) is 113 cm³/mol. The summed E-state index contributed by atoms with van der Waals surface area (Å²) in [7, 11) is 0. The third-order valence-electron chi connectivity index (χ3n) is 4.69. The first-order valence-electron chi connectivity index (χ1n) is 9.31. The van der Waals surface area contributed by atoms with Gasteiger partial charge in [0.05, 0.1) is 5.56 Å². The molecule has 0 saturated carbocycles. The van der Waals surface area contributed by atoms with E-state index in [2.05, 4.69) is 28.5 Å². The fourth-order valence-corrected chi connectivity index (χ4v) is 3.17. The van der Waals surface area contributed by atoms with E-state index in [0.29, 0.717) is 19.0 Å². The molecule has 0 aliphatic carbocycles. The Labute approximate surface area is 168 Å². The van der Waals surface area contributed by atoms with Gasteiger partial charge in [-0.3, -0.25) is 0 Å². The number of carboxylic acids is 1. The average molecular weight is 384 g/mol. The van der Waals surface area contributed by atoms with Gasteiger partial charge in [-0.1, -0.05) is 60.7 Å². The number of hydrogen-bond donors (Lipinski definition) is 2. The summed E-state index contributed by atoms with van der Waals surface area (Å²) in [6.45, 7) is 0.989. The molecule has 4 aromatic rings. The van der Waals surface area contributed by atoms with Gasteiger partial charge in [0.15, 0.2) is 0 Å². The van der Waals surface area contributed by atoms with Crippen LogP contribution < -0.4 is 10.1 Å². The third-order valence-corrected chi connectivity index (χ3v) is 4.69. The molecular formula is C24H20N2O3. The summed E-state index contributed by atoms with van der Waals surface area (Å²) in [4.78, 5) is 15.2. The van der Waals surface area contributed by atoms with E-state index in [0.717, 1.165) is 27.6 Å². The Balaban J connectivity index is 1.59. The zero-order valence-electron chi connectivity index (χ0n) is 15.7. The lowest BCUT2D eigenvalue weighted by atomic mass is 10.0. The summed E-state index contributed by atoms with van der Waals surface area (Å²) in [6.07, 6.45) is 1.35. The van der Waals surface area contributed by atoms with E-state index in [1.165, 1.54) is 12.3 Å². The van der Waals surface area contributed by atoms with Crippen LogP contribution in [0.5, 0.6) is 5.75 Å². The fraction of sp³-hybridized carbons (Fsp3) is 0.0833. The number of aromatic nitrogens is 1. The molecule has 0 fully saturated rings. The molecule has 144 valence electrons. The van der Waals surface area contributed by atoms with Crippen LogP contribution >= 0.6 is 0 Å². The Morgan fingerprint density at radius 2 is 1.72 bits per heavy atom. The molecule has 0 spiro atoms. The van der Waals surface area contributed by atoms with Gasteiger partial charge >= 0.3 is 5.97 Å². The first kappa shape index (κ1) is 18.5. The van der Waals surface area contributed by atoms with Crippen LogP contribution in [0.15, 0.2) is 85.1 Å². The lowest BCUT2D eigenvalue weighted by Gasteiger charge is -2.15. The van der Waals surface area contributed by atoms with Gasteiger partial charge in [0.1, 0.15) is 18.2 Å². The van der Waals surface area contributed by atoms with Gasteiger partial charge in [0, 0.05) is 18.3 Å². The molecule has 0 saturated heterocycles. The highest BCUT2D eigenvalue weighted by Crippen LogP contribution is 2.29. The van der Waals surface area contributed by atoms with Crippen molar-refractivity contribution >= 4 is 22.6 Å². The minimum atomic E-state index is -0.991. The van der Waals surface area contributed by atoms with Crippen molar-refractivity contribution in [3.63, 3.8) is 0 Å². The van der Waals surface area contributed by atoms with Crippen molar-refractivity contribution in [3.05, 3.63) is 102 Å². The molecule has 0 unspecified atom stereocenters. The number of fused-ring (bicyclic) bond motifs is 1. The van der Waals surface area contributed by atoms with E-state index < -0.39 is 5.97 Å². The van der Waals surface area contributed by atoms with E-state index in [9.17, 15) is 4.79 Å². The second-order valence-corrected chi connectivity index (χ2v) is 6.63. The lowest BCUT2D eigenvalue weighted by molar-refractivity contribution is 0.0696. The number of carboxylic acid groups (broad SMARTS) is 1. The Morgan fingerprint density at radius 3 is 2.48 bits per heavy atom. The maximum atomic E-state index is 11.0. The number of rotatable bonds is 7. The normalized spacial score (nSPS) is 10.6. The van der Waals surface area contributed by atoms with E-state index in [1.807, 2.05) is 48.5 Å². The first-order valence-corrected chi connectivity index (χ1v) is 9.31. The van der Waals surface area contributed by atoms with Crippen LogP contribution in [-0.4, -0.2) is 16.1 Å². The molecule has 29 heavy (non-hydrogen) atoms. The van der Waals surface area contributed by atoms with Crippen LogP contribution in [0.1, 0.15) is 21.5 Å². The molecule has 2 N–H and O–H groups in total. The van der Waals surface area contributed by atoms with E-state index in [-0.39, 0.29) is 5.56 Å². The van der Waals surface area contributed by atoms with Crippen molar-refractivity contribution in [2.45, 2.75) is 13.2 Å². The van der Waals surface area contributed by atoms with Crippen LogP contribution in [0.2, 0.25) is 0 Å². The smallest absolute Gasteiger partial charge is 0.337 e. The number of ether oxygens (including phenoxy) is 1. The number of nitrogens with one attached hydrogen (secondary N) is 1. The molecule has 1 aromatic heterocycles. The van der Waals surface area contributed by atoms with E-state index in [1.54, 1.807) is 6.07 Å². The summed E-state index contributed by atoms with van der Waals surface area (Å²) in [5.74, 6) is 0.425. The zero-order valence-corrected chi connectivity index (χ0v) is 15.7. The van der Waals surface area contributed by atoms with Crippen molar-refractivity contribution in [2.24, 2.45) is 0 Å². The Bertz CT molecular complexity index is 1130. The predicted octanol–water partition coefficient (Wildman–Crippen LogP) is 5.12. The van der Waals surface area contributed by atoms with Gasteiger partial charge in [-0.15, -0.1) is 0 Å². The van der Waals surface area contributed by atoms with Crippen LogP contribution in [0.4, 0.5) is 5.82 Å². The molecule has 0 amide bonds. The third kappa shape index (κ3) is 4.35. The van der Waals surface area contributed by atoms with Crippen molar-refractivity contribution in [2.75, 3.05) is 5.32 Å². The molecule has 0 radical (unpaired) electrons. The summed E-state index contributed by atoms with van der Waals surface area (Å²) in [6, 6.07) is 25.4.